The average molecular weight is 1500 g/mol. The molecule has 9 nitrogen and oxygen atoms in total. The zero-order chi connectivity index (χ0) is 76.5. The fourth-order valence-corrected chi connectivity index (χ4v) is 18.7. The van der Waals surface area contributed by atoms with Crippen LogP contribution in [0.1, 0.15) is 0 Å². The number of aromatic nitrogens is 3. The molecule has 0 aliphatic heterocycles. The number of hydrogen-bond acceptors (Lipinski definition) is 6. The topological polar surface area (TPSA) is 93.6 Å². The van der Waals surface area contributed by atoms with Crippen molar-refractivity contribution in [1.82, 2.24) is 13.7 Å². The van der Waals surface area contributed by atoms with Crippen LogP contribution in [0.4, 0.5) is 0 Å². The van der Waals surface area contributed by atoms with E-state index in [9.17, 15) is 0 Å². The molecule has 0 saturated carbocycles. The summed E-state index contributed by atoms with van der Waals surface area (Å²) in [5, 5.41) is 20.8. The van der Waals surface area contributed by atoms with Gasteiger partial charge in [0.25, 0.3) is 0 Å². The lowest BCUT2D eigenvalue weighted by molar-refractivity contribution is 0.668. The molecule has 546 valence electrons. The summed E-state index contributed by atoms with van der Waals surface area (Å²) in [6.07, 6.45) is 0. The van der Waals surface area contributed by atoms with Gasteiger partial charge in [-0.15, -0.1) is 0 Å². The Hall–Kier alpha value is -15.8. The minimum absolute atomic E-state index is 0.878. The van der Waals surface area contributed by atoms with Crippen LogP contribution in [-0.4, -0.2) is 13.7 Å². The molecule has 9 heteroatoms. The maximum Gasteiger partial charge on any atom is 0.161 e. The number of para-hydroxylation sites is 7. The van der Waals surface area contributed by atoms with E-state index in [4.69, 9.17) is 26.5 Å². The van der Waals surface area contributed by atoms with Gasteiger partial charge in [-0.25, -0.2) is 0 Å². The molecule has 0 spiro atoms. The molecular weight excluding hydrogens is 1440 g/mol. The standard InChI is InChI=1S/3C36H21NO2/c1-2-11-25(12-3-1)37-30-15-7-6-13-28(30)36-35(37)34-26(14-8-16-31(34)39-36)24-17-18-27-29-19-22-9-4-5-10-23(22)20-33(29)38-32(27)21-24;1-2-10-24(11-3-1)37-30-16-7-6-13-27(30)36-34(37)29-15-8-14-26(35(29)39-36)23-17-19-28-32(21-23)38-31-20-18-22-9-4-5-12-25(22)33(28)31;1-2-9-25(10-3-1)37-30-13-7-6-12-27(30)36-35(37)29-18-15-24(21-33(29)39-36)23-14-17-28-32(20-23)38-31-19-16-22-8-4-5-11-26(22)34(28)31/h3*1-21H. The van der Waals surface area contributed by atoms with Crippen molar-refractivity contribution in [1.29, 1.82) is 0 Å². The molecule has 0 fully saturated rings. The number of furan rings is 6. The first kappa shape index (κ1) is 64.8. The van der Waals surface area contributed by atoms with Gasteiger partial charge >= 0.3 is 0 Å². The Kier molecular flexibility index (Phi) is 14.0. The van der Waals surface area contributed by atoms with Crippen molar-refractivity contribution in [2.75, 3.05) is 0 Å². The molecule has 9 heterocycles. The first-order valence-electron chi connectivity index (χ1n) is 39.6. The van der Waals surface area contributed by atoms with Gasteiger partial charge in [-0.05, 0) is 218 Å². The van der Waals surface area contributed by atoms with E-state index in [0.717, 1.165) is 204 Å². The maximum absolute atomic E-state index is 6.73. The first-order chi connectivity index (χ1) is 58.0. The second-order valence-electron chi connectivity index (χ2n) is 30.4. The van der Waals surface area contributed by atoms with Gasteiger partial charge in [-0.2, -0.15) is 0 Å². The predicted octanol–water partition coefficient (Wildman–Crippen LogP) is 30.7. The van der Waals surface area contributed by atoms with Gasteiger partial charge in [-0.1, -0.05) is 224 Å². The summed E-state index contributed by atoms with van der Waals surface area (Å²) < 4.78 is 45.9. The van der Waals surface area contributed by atoms with Crippen molar-refractivity contribution in [3.05, 3.63) is 382 Å². The van der Waals surface area contributed by atoms with Crippen molar-refractivity contribution >= 4 is 197 Å². The van der Waals surface area contributed by atoms with Crippen LogP contribution in [0.5, 0.6) is 0 Å². The molecule has 0 aliphatic carbocycles. The second-order valence-corrected chi connectivity index (χ2v) is 30.4. The highest BCUT2D eigenvalue weighted by Gasteiger charge is 2.26. The van der Waals surface area contributed by atoms with Gasteiger partial charge in [-0.3, -0.25) is 0 Å². The molecule has 27 rings (SSSR count). The zero-order valence-corrected chi connectivity index (χ0v) is 62.7. The third-order valence-corrected chi connectivity index (χ3v) is 23.9. The fraction of sp³-hybridized carbons (Fsp3) is 0. The second kappa shape index (κ2) is 25.3. The Morgan fingerprint density at radius 3 is 1.10 bits per heavy atom. The van der Waals surface area contributed by atoms with Crippen LogP contribution in [0.3, 0.4) is 0 Å². The van der Waals surface area contributed by atoms with E-state index in [1.165, 1.54) is 43.1 Å². The molecule has 9 aromatic heterocycles. The predicted molar refractivity (Wildman–Crippen MR) is 482 cm³/mol. The Balaban J connectivity index is 0.0000000980. The van der Waals surface area contributed by atoms with E-state index in [1.54, 1.807) is 0 Å². The van der Waals surface area contributed by atoms with E-state index < -0.39 is 0 Å². The average Bonchev–Trinajstić information content (AvgIpc) is 1.56. The normalized spacial score (nSPS) is 12.1. The van der Waals surface area contributed by atoms with Gasteiger partial charge in [0.15, 0.2) is 16.7 Å². The molecule has 0 bridgehead atoms. The van der Waals surface area contributed by atoms with Gasteiger partial charge in [0.2, 0.25) is 0 Å². The number of nitrogens with zero attached hydrogens (tertiary/aromatic N) is 3. The van der Waals surface area contributed by atoms with Crippen LogP contribution < -0.4 is 0 Å². The van der Waals surface area contributed by atoms with Crippen LogP contribution in [0.25, 0.3) is 247 Å². The summed E-state index contributed by atoms with van der Waals surface area (Å²) in [6.45, 7) is 0. The Morgan fingerprint density at radius 2 is 0.530 bits per heavy atom. The minimum atomic E-state index is 0.878. The number of benzene rings is 18. The summed E-state index contributed by atoms with van der Waals surface area (Å²) in [5.41, 5.74) is 27.4. The fourth-order valence-electron chi connectivity index (χ4n) is 18.7. The molecule has 0 unspecified atom stereocenters. The maximum atomic E-state index is 6.73. The lowest BCUT2D eigenvalue weighted by Gasteiger charge is -2.09. The molecule has 0 N–H and O–H groups in total. The van der Waals surface area contributed by atoms with E-state index >= 15 is 0 Å². The smallest absolute Gasteiger partial charge is 0.161 e. The lowest BCUT2D eigenvalue weighted by Crippen LogP contribution is -1.93. The van der Waals surface area contributed by atoms with Crippen molar-refractivity contribution < 1.29 is 26.5 Å². The van der Waals surface area contributed by atoms with E-state index in [-0.39, 0.29) is 0 Å². The highest BCUT2D eigenvalue weighted by Crippen LogP contribution is 2.48. The third kappa shape index (κ3) is 9.90. The lowest BCUT2D eigenvalue weighted by atomic mass is 9.99. The molecule has 0 amide bonds. The SMILES string of the molecule is c1ccc(-n2c3ccccc3c3oc4c(-c5ccc6c(c5)oc5ccc7ccccc7c56)cccc4c32)cc1.c1ccc(-n2c3ccccc3c3oc4cc(-c5ccc6c(c5)oc5ccc7ccccc7c56)ccc4c32)cc1.c1ccc(-n2c3ccccc3c3oc4cccc(-c5ccc6c(c5)oc5cc7ccccc7cc56)c4c32)cc1. The van der Waals surface area contributed by atoms with E-state index in [2.05, 4.69) is 390 Å². The number of fused-ring (bicyclic) bond motifs is 29. The Bertz CT molecular complexity index is 8780. The molecule has 117 heavy (non-hydrogen) atoms. The van der Waals surface area contributed by atoms with Crippen LogP contribution in [0.15, 0.2) is 409 Å². The quantitative estimate of drug-likeness (QED) is 0.165. The number of hydrogen-bond donors (Lipinski definition) is 0. The summed E-state index contributed by atoms with van der Waals surface area (Å²) in [5.74, 6) is 0. The molecule has 0 aliphatic rings. The highest BCUT2D eigenvalue weighted by molar-refractivity contribution is 6.25. The molecule has 18 aromatic carbocycles. The van der Waals surface area contributed by atoms with Crippen molar-refractivity contribution in [2.24, 2.45) is 0 Å². The van der Waals surface area contributed by atoms with Crippen LogP contribution in [0.2, 0.25) is 0 Å². The molecule has 0 saturated heterocycles. The Labute approximate surface area is 665 Å². The van der Waals surface area contributed by atoms with Gasteiger partial charge in [0.1, 0.15) is 66.8 Å². The van der Waals surface area contributed by atoms with E-state index in [0.29, 0.717) is 0 Å². The molecule has 27 aromatic rings. The first-order valence-corrected chi connectivity index (χ1v) is 39.6. The molecule has 0 radical (unpaired) electrons. The summed E-state index contributed by atoms with van der Waals surface area (Å²) >= 11 is 0. The highest BCUT2D eigenvalue weighted by atomic mass is 16.4. The summed E-state index contributed by atoms with van der Waals surface area (Å²) in [6, 6.07) is 134. The third-order valence-electron chi connectivity index (χ3n) is 23.9. The zero-order valence-electron chi connectivity index (χ0n) is 62.7. The van der Waals surface area contributed by atoms with Crippen LogP contribution >= 0.6 is 0 Å². The van der Waals surface area contributed by atoms with Crippen molar-refractivity contribution in [3.8, 4) is 50.4 Å². The largest absolute Gasteiger partial charge is 0.456 e. The van der Waals surface area contributed by atoms with E-state index in [1.807, 2.05) is 6.07 Å². The van der Waals surface area contributed by atoms with Crippen LogP contribution in [-0.2, 0) is 0 Å². The summed E-state index contributed by atoms with van der Waals surface area (Å²) in [7, 11) is 0. The van der Waals surface area contributed by atoms with Crippen molar-refractivity contribution in [3.63, 3.8) is 0 Å². The monoisotopic (exact) mass is 1500 g/mol. The van der Waals surface area contributed by atoms with Crippen LogP contribution in [0, 0.1) is 0 Å². The van der Waals surface area contributed by atoms with Gasteiger partial charge in [0.05, 0.1) is 21.9 Å². The molecule has 0 atom stereocenters. The molecular formula is C108H63N3O6. The Morgan fingerprint density at radius 1 is 0.162 bits per heavy atom. The van der Waals surface area contributed by atoms with Gasteiger partial charge in [0, 0.05) is 81.9 Å². The summed E-state index contributed by atoms with van der Waals surface area (Å²) in [4.78, 5) is 0. The number of rotatable bonds is 6. The van der Waals surface area contributed by atoms with Gasteiger partial charge < -0.3 is 40.2 Å². The minimum Gasteiger partial charge on any atom is -0.456 e. The van der Waals surface area contributed by atoms with Crippen molar-refractivity contribution in [2.45, 2.75) is 0 Å².